The minimum atomic E-state index is -0.864. The largest absolute Gasteiger partial charge is 0.507 e. The molecular weight excluding hydrogens is 462 g/mol. The number of aromatic nitrogens is 2. The zero-order chi connectivity index (χ0) is 24.7. The van der Waals surface area contributed by atoms with E-state index in [2.05, 4.69) is 4.98 Å². The minimum absolute atomic E-state index is 0.000631. The lowest BCUT2D eigenvalue weighted by molar-refractivity contribution is -0.132. The summed E-state index contributed by atoms with van der Waals surface area (Å²) in [5.41, 5.74) is 3.88. The highest BCUT2D eigenvalue weighted by Crippen LogP contribution is 2.44. The number of aliphatic hydroxyl groups is 1. The fraction of sp³-hybridized carbons (Fsp3) is 0.185. The van der Waals surface area contributed by atoms with Crippen molar-refractivity contribution in [3.05, 3.63) is 88.8 Å². The van der Waals surface area contributed by atoms with Gasteiger partial charge in [0.15, 0.2) is 5.13 Å². The van der Waals surface area contributed by atoms with E-state index in [1.807, 2.05) is 32.9 Å². The van der Waals surface area contributed by atoms with Crippen LogP contribution in [0.2, 0.25) is 0 Å². The SMILES string of the molecule is CCOc1ccc(/C(O)=C2\C(=O)C(=O)N(c3nc4c(C)cc(C)cc4s3)C2c2cccnc2)cc1. The van der Waals surface area contributed by atoms with Crippen LogP contribution in [0.4, 0.5) is 5.13 Å². The molecule has 4 aromatic rings. The molecule has 0 radical (unpaired) electrons. The fourth-order valence-electron chi connectivity index (χ4n) is 4.38. The molecule has 7 nitrogen and oxygen atoms in total. The Kier molecular flexibility index (Phi) is 5.82. The van der Waals surface area contributed by atoms with Crippen molar-refractivity contribution in [3.8, 4) is 5.75 Å². The number of ether oxygens (including phenoxy) is 1. The quantitative estimate of drug-likeness (QED) is 0.233. The molecule has 1 atom stereocenters. The molecule has 176 valence electrons. The summed E-state index contributed by atoms with van der Waals surface area (Å²) in [7, 11) is 0. The van der Waals surface area contributed by atoms with E-state index in [0.29, 0.717) is 28.6 Å². The topological polar surface area (TPSA) is 92.6 Å². The summed E-state index contributed by atoms with van der Waals surface area (Å²) in [6.45, 7) is 6.37. The lowest BCUT2D eigenvalue weighted by Crippen LogP contribution is -2.29. The first kappa shape index (κ1) is 22.7. The zero-order valence-corrected chi connectivity index (χ0v) is 20.3. The van der Waals surface area contributed by atoms with E-state index in [1.165, 1.54) is 16.2 Å². The maximum Gasteiger partial charge on any atom is 0.301 e. The highest BCUT2D eigenvalue weighted by molar-refractivity contribution is 7.22. The van der Waals surface area contributed by atoms with Gasteiger partial charge >= 0.3 is 5.91 Å². The predicted molar refractivity (Wildman–Crippen MR) is 136 cm³/mol. The molecule has 2 aromatic carbocycles. The average Bonchev–Trinajstić information content (AvgIpc) is 3.38. The predicted octanol–water partition coefficient (Wildman–Crippen LogP) is 5.33. The number of aliphatic hydroxyl groups excluding tert-OH is 1. The van der Waals surface area contributed by atoms with Crippen LogP contribution in [-0.2, 0) is 9.59 Å². The van der Waals surface area contributed by atoms with Gasteiger partial charge < -0.3 is 9.84 Å². The van der Waals surface area contributed by atoms with Gasteiger partial charge in [0.2, 0.25) is 0 Å². The summed E-state index contributed by atoms with van der Waals surface area (Å²) in [5, 5.41) is 11.6. The Hall–Kier alpha value is -4.04. The molecule has 8 heteroatoms. The van der Waals surface area contributed by atoms with E-state index >= 15 is 0 Å². The summed E-state index contributed by atoms with van der Waals surface area (Å²) in [4.78, 5) is 37.0. The molecule has 1 unspecified atom stereocenters. The number of Topliss-reactive ketones (excluding diaryl/α,β-unsaturated/α-hetero) is 1. The lowest BCUT2D eigenvalue weighted by Gasteiger charge is -2.22. The number of thiazole rings is 1. The molecule has 1 N–H and O–H groups in total. The Morgan fingerprint density at radius 2 is 1.91 bits per heavy atom. The minimum Gasteiger partial charge on any atom is -0.507 e. The number of pyridine rings is 1. The second kappa shape index (κ2) is 8.96. The van der Waals surface area contributed by atoms with Gasteiger partial charge in [-0.25, -0.2) is 4.98 Å². The first-order valence-corrected chi connectivity index (χ1v) is 12.0. The molecule has 1 amide bonds. The number of carbonyl (C=O) groups excluding carboxylic acids is 2. The van der Waals surface area contributed by atoms with E-state index in [4.69, 9.17) is 9.72 Å². The third-order valence-corrected chi connectivity index (χ3v) is 6.91. The molecule has 2 aromatic heterocycles. The molecule has 3 heterocycles. The smallest absolute Gasteiger partial charge is 0.301 e. The number of ketones is 1. The molecule has 5 rings (SSSR count). The first-order valence-electron chi connectivity index (χ1n) is 11.2. The van der Waals surface area contributed by atoms with Crippen molar-refractivity contribution in [2.75, 3.05) is 11.5 Å². The number of nitrogens with zero attached hydrogens (tertiary/aromatic N) is 3. The molecule has 1 aliphatic heterocycles. The Labute approximate surface area is 206 Å². The van der Waals surface area contributed by atoms with Crippen LogP contribution in [0.15, 0.2) is 66.5 Å². The Morgan fingerprint density at radius 1 is 1.14 bits per heavy atom. The van der Waals surface area contributed by atoms with Crippen molar-refractivity contribution in [1.82, 2.24) is 9.97 Å². The number of carbonyl (C=O) groups is 2. The van der Waals surface area contributed by atoms with E-state index in [-0.39, 0.29) is 11.3 Å². The monoisotopic (exact) mass is 485 g/mol. The fourth-order valence-corrected chi connectivity index (χ4v) is 5.54. The van der Waals surface area contributed by atoms with Crippen LogP contribution in [0.25, 0.3) is 16.0 Å². The number of benzene rings is 2. The van der Waals surface area contributed by atoms with Crippen LogP contribution in [-0.4, -0.2) is 33.4 Å². The third-order valence-electron chi connectivity index (χ3n) is 5.91. The van der Waals surface area contributed by atoms with Gasteiger partial charge in [0, 0.05) is 18.0 Å². The van der Waals surface area contributed by atoms with E-state index < -0.39 is 17.7 Å². The summed E-state index contributed by atoms with van der Waals surface area (Å²) in [6, 6.07) is 13.5. The maximum atomic E-state index is 13.4. The molecule has 0 spiro atoms. The van der Waals surface area contributed by atoms with Crippen LogP contribution in [0.5, 0.6) is 5.75 Å². The Bertz CT molecular complexity index is 1480. The number of hydrogen-bond donors (Lipinski definition) is 1. The van der Waals surface area contributed by atoms with Gasteiger partial charge in [-0.15, -0.1) is 0 Å². The molecule has 35 heavy (non-hydrogen) atoms. The summed E-state index contributed by atoms with van der Waals surface area (Å²) in [6.07, 6.45) is 3.21. The Morgan fingerprint density at radius 3 is 2.60 bits per heavy atom. The van der Waals surface area contributed by atoms with Crippen molar-refractivity contribution in [2.45, 2.75) is 26.8 Å². The molecule has 0 bridgehead atoms. The van der Waals surface area contributed by atoms with E-state index in [9.17, 15) is 14.7 Å². The van der Waals surface area contributed by atoms with Gasteiger partial charge in [0.05, 0.1) is 28.4 Å². The number of aryl methyl sites for hydroxylation is 2. The molecule has 1 saturated heterocycles. The maximum absolute atomic E-state index is 13.4. The summed E-state index contributed by atoms with van der Waals surface area (Å²) in [5.74, 6) is -1.11. The normalized spacial score (nSPS) is 17.3. The van der Waals surface area contributed by atoms with Crippen molar-refractivity contribution in [2.24, 2.45) is 0 Å². The standard InChI is InChI=1S/C27H23N3O4S/c1-4-34-19-9-7-17(8-10-19)24(31)21-23(18-6-5-11-28-14-18)30(26(33)25(21)32)27-29-22-16(3)12-15(2)13-20(22)35-27/h5-14,23,31H,4H2,1-3H3/b24-21+. The third kappa shape index (κ3) is 3.95. The second-order valence-corrected chi connectivity index (χ2v) is 9.35. The molecule has 0 saturated carbocycles. The molecular formula is C27H23N3O4S. The van der Waals surface area contributed by atoms with E-state index in [0.717, 1.165) is 21.3 Å². The van der Waals surface area contributed by atoms with Gasteiger partial charge in [-0.05, 0) is 73.9 Å². The van der Waals surface area contributed by atoms with Gasteiger partial charge in [-0.3, -0.25) is 19.5 Å². The highest BCUT2D eigenvalue weighted by atomic mass is 32.1. The Balaban J connectivity index is 1.68. The van der Waals surface area contributed by atoms with Crippen LogP contribution in [0.1, 0.15) is 35.2 Å². The van der Waals surface area contributed by atoms with E-state index in [1.54, 1.807) is 48.8 Å². The van der Waals surface area contributed by atoms with Crippen molar-refractivity contribution < 1.29 is 19.4 Å². The number of anilines is 1. The first-order chi connectivity index (χ1) is 16.9. The van der Waals surface area contributed by atoms with Gasteiger partial charge in [-0.2, -0.15) is 0 Å². The summed E-state index contributed by atoms with van der Waals surface area (Å²) >= 11 is 1.34. The van der Waals surface area contributed by atoms with Gasteiger partial charge in [0.1, 0.15) is 11.5 Å². The van der Waals surface area contributed by atoms with Crippen LogP contribution < -0.4 is 9.64 Å². The molecule has 1 aliphatic rings. The lowest BCUT2D eigenvalue weighted by atomic mass is 9.96. The zero-order valence-electron chi connectivity index (χ0n) is 19.5. The van der Waals surface area contributed by atoms with Crippen molar-refractivity contribution in [3.63, 3.8) is 0 Å². The summed E-state index contributed by atoms with van der Waals surface area (Å²) < 4.78 is 6.40. The van der Waals surface area contributed by atoms with Gasteiger partial charge in [0.25, 0.3) is 5.78 Å². The molecule has 0 aliphatic carbocycles. The molecule has 1 fully saturated rings. The van der Waals surface area contributed by atoms with Crippen LogP contribution in [0.3, 0.4) is 0 Å². The number of hydrogen-bond acceptors (Lipinski definition) is 7. The van der Waals surface area contributed by atoms with Crippen molar-refractivity contribution in [1.29, 1.82) is 0 Å². The average molecular weight is 486 g/mol. The number of rotatable bonds is 5. The number of fused-ring (bicyclic) bond motifs is 1. The van der Waals surface area contributed by atoms with Crippen LogP contribution >= 0.6 is 11.3 Å². The van der Waals surface area contributed by atoms with Crippen molar-refractivity contribution >= 4 is 44.1 Å². The van der Waals surface area contributed by atoms with Crippen LogP contribution in [0, 0.1) is 13.8 Å². The highest BCUT2D eigenvalue weighted by Gasteiger charge is 2.48. The number of amides is 1. The second-order valence-electron chi connectivity index (χ2n) is 8.34. The van der Waals surface area contributed by atoms with Gasteiger partial charge in [-0.1, -0.05) is 23.5 Å².